The van der Waals surface area contributed by atoms with Crippen molar-refractivity contribution in [3.8, 4) is 0 Å². The molecule has 1 aromatic heterocycles. The highest BCUT2D eigenvalue weighted by atomic mass is 32.1. The summed E-state index contributed by atoms with van der Waals surface area (Å²) in [6.07, 6.45) is 1.81. The minimum absolute atomic E-state index is 0.329. The number of rotatable bonds is 2. The van der Waals surface area contributed by atoms with E-state index in [0.717, 1.165) is 23.0 Å². The molecule has 1 fully saturated rings. The van der Waals surface area contributed by atoms with Gasteiger partial charge in [-0.3, -0.25) is 0 Å². The van der Waals surface area contributed by atoms with Gasteiger partial charge in [-0.2, -0.15) is 0 Å². The zero-order valence-corrected chi connectivity index (χ0v) is 9.96. The molecule has 0 aliphatic carbocycles. The molecule has 0 saturated carbocycles. The van der Waals surface area contributed by atoms with E-state index < -0.39 is 0 Å². The molecule has 7 heteroatoms. The Labute approximate surface area is 97.8 Å². The van der Waals surface area contributed by atoms with Gasteiger partial charge in [0.15, 0.2) is 0 Å². The average molecular weight is 241 g/mol. The highest BCUT2D eigenvalue weighted by Gasteiger charge is 2.21. The van der Waals surface area contributed by atoms with E-state index in [4.69, 9.17) is 5.73 Å². The summed E-state index contributed by atoms with van der Waals surface area (Å²) in [5.74, 6) is 0. The van der Waals surface area contributed by atoms with Gasteiger partial charge in [0.25, 0.3) is 0 Å². The van der Waals surface area contributed by atoms with Gasteiger partial charge in [-0.1, -0.05) is 11.3 Å². The summed E-state index contributed by atoms with van der Waals surface area (Å²) >= 11 is 1.55. The number of piperidine rings is 1. The maximum absolute atomic E-state index is 10.9. The minimum atomic E-state index is -0.329. The first kappa shape index (κ1) is 11.1. The van der Waals surface area contributed by atoms with Gasteiger partial charge in [0.2, 0.25) is 5.13 Å². The molecule has 0 radical (unpaired) electrons. The van der Waals surface area contributed by atoms with Gasteiger partial charge in [-0.25, -0.2) is 4.79 Å². The smallest absolute Gasteiger partial charge is 0.314 e. The minimum Gasteiger partial charge on any atom is -0.357 e. The summed E-state index contributed by atoms with van der Waals surface area (Å²) < 4.78 is 0. The molecule has 0 atom stereocenters. The van der Waals surface area contributed by atoms with Crippen molar-refractivity contribution >= 4 is 22.5 Å². The third-order valence-corrected chi connectivity index (χ3v) is 3.43. The number of carbonyl (C=O) groups excluding carboxylic acids is 1. The van der Waals surface area contributed by atoms with Gasteiger partial charge in [0, 0.05) is 19.1 Å². The second-order valence-corrected chi connectivity index (χ2v) is 5.05. The zero-order valence-electron chi connectivity index (χ0n) is 9.14. The number of urea groups is 1. The molecule has 3 N–H and O–H groups in total. The van der Waals surface area contributed by atoms with E-state index in [2.05, 4.69) is 15.5 Å². The van der Waals surface area contributed by atoms with Crippen molar-refractivity contribution in [2.75, 3.05) is 18.4 Å². The molecule has 0 spiro atoms. The predicted octanol–water partition coefficient (Wildman–Crippen LogP) is 0.802. The number of carbonyl (C=O) groups is 1. The summed E-state index contributed by atoms with van der Waals surface area (Å²) in [7, 11) is 0. The third kappa shape index (κ3) is 2.60. The van der Waals surface area contributed by atoms with Crippen LogP contribution in [-0.4, -0.2) is 40.3 Å². The third-order valence-electron chi connectivity index (χ3n) is 2.66. The molecule has 1 aliphatic heterocycles. The molecule has 1 saturated heterocycles. The number of hydrogen-bond donors (Lipinski definition) is 2. The average Bonchev–Trinajstić information content (AvgIpc) is 2.65. The Hall–Kier alpha value is -1.37. The lowest BCUT2D eigenvalue weighted by molar-refractivity contribution is 0.193. The molecule has 1 aliphatic rings. The van der Waals surface area contributed by atoms with E-state index in [0.29, 0.717) is 19.1 Å². The Kier molecular flexibility index (Phi) is 3.23. The molecule has 88 valence electrons. The van der Waals surface area contributed by atoms with Gasteiger partial charge in [-0.05, 0) is 19.8 Å². The van der Waals surface area contributed by atoms with Crippen molar-refractivity contribution in [1.29, 1.82) is 0 Å². The number of nitrogens with one attached hydrogen (secondary N) is 1. The van der Waals surface area contributed by atoms with E-state index in [1.807, 2.05) is 6.92 Å². The summed E-state index contributed by atoms with van der Waals surface area (Å²) in [6.45, 7) is 3.36. The second kappa shape index (κ2) is 4.65. The number of primary amides is 1. The number of aryl methyl sites for hydroxylation is 1. The van der Waals surface area contributed by atoms with Crippen molar-refractivity contribution in [1.82, 2.24) is 15.1 Å². The van der Waals surface area contributed by atoms with Crippen LogP contribution in [-0.2, 0) is 0 Å². The topological polar surface area (TPSA) is 84.1 Å². The molecule has 0 bridgehead atoms. The Morgan fingerprint density at radius 1 is 1.50 bits per heavy atom. The first-order chi connectivity index (χ1) is 7.65. The zero-order chi connectivity index (χ0) is 11.5. The van der Waals surface area contributed by atoms with Crippen LogP contribution >= 0.6 is 11.3 Å². The Bertz CT molecular complexity index is 372. The lowest BCUT2D eigenvalue weighted by atomic mass is 10.1. The number of nitrogens with zero attached hydrogens (tertiary/aromatic N) is 3. The van der Waals surface area contributed by atoms with Gasteiger partial charge in [0.1, 0.15) is 5.01 Å². The van der Waals surface area contributed by atoms with Crippen LogP contribution in [0.15, 0.2) is 0 Å². The van der Waals surface area contributed by atoms with Crippen molar-refractivity contribution in [2.45, 2.75) is 25.8 Å². The van der Waals surface area contributed by atoms with Crippen molar-refractivity contribution < 1.29 is 4.79 Å². The summed E-state index contributed by atoms with van der Waals surface area (Å²) in [4.78, 5) is 12.6. The summed E-state index contributed by atoms with van der Waals surface area (Å²) in [6, 6.07) is 0.0353. The monoisotopic (exact) mass is 241 g/mol. The fraction of sp³-hybridized carbons (Fsp3) is 0.667. The van der Waals surface area contributed by atoms with Crippen molar-refractivity contribution in [2.24, 2.45) is 5.73 Å². The van der Waals surface area contributed by atoms with Gasteiger partial charge in [-0.15, -0.1) is 10.2 Å². The molecular formula is C9H15N5OS. The quantitative estimate of drug-likeness (QED) is 0.802. The molecule has 1 aromatic rings. The van der Waals surface area contributed by atoms with Crippen LogP contribution in [0.3, 0.4) is 0 Å². The molecule has 2 rings (SSSR count). The van der Waals surface area contributed by atoms with Crippen LogP contribution in [0.25, 0.3) is 0 Å². The number of likely N-dealkylation sites (tertiary alicyclic amines) is 1. The Morgan fingerprint density at radius 3 is 2.69 bits per heavy atom. The van der Waals surface area contributed by atoms with Crippen molar-refractivity contribution in [3.63, 3.8) is 0 Å². The van der Waals surface area contributed by atoms with Gasteiger partial charge in [0.05, 0.1) is 0 Å². The maximum atomic E-state index is 10.9. The van der Waals surface area contributed by atoms with Crippen molar-refractivity contribution in [3.05, 3.63) is 5.01 Å². The molecule has 2 amide bonds. The number of anilines is 1. The molecule has 0 aromatic carbocycles. The van der Waals surface area contributed by atoms with Crippen LogP contribution in [0.4, 0.5) is 9.93 Å². The van der Waals surface area contributed by atoms with E-state index in [1.165, 1.54) is 0 Å². The SMILES string of the molecule is Cc1nnc(NC2CCN(C(N)=O)CC2)s1. The molecule has 6 nitrogen and oxygen atoms in total. The maximum Gasteiger partial charge on any atom is 0.314 e. The lowest BCUT2D eigenvalue weighted by Gasteiger charge is -2.30. The molecule has 2 heterocycles. The lowest BCUT2D eigenvalue weighted by Crippen LogP contribution is -2.44. The van der Waals surface area contributed by atoms with Crippen LogP contribution < -0.4 is 11.1 Å². The standard InChI is InChI=1S/C9H15N5OS/c1-6-12-13-9(16-6)11-7-2-4-14(5-3-7)8(10)15/h7H,2-5H2,1H3,(H2,10,15)(H,11,13). The predicted molar refractivity (Wildman–Crippen MR) is 62.4 cm³/mol. The molecule has 0 unspecified atom stereocenters. The number of amides is 2. The number of nitrogens with two attached hydrogens (primary N) is 1. The van der Waals surface area contributed by atoms with E-state index in [1.54, 1.807) is 16.2 Å². The fourth-order valence-corrected chi connectivity index (χ4v) is 2.44. The summed E-state index contributed by atoms with van der Waals surface area (Å²) in [5.41, 5.74) is 5.21. The Morgan fingerprint density at radius 2 is 2.19 bits per heavy atom. The first-order valence-corrected chi connectivity index (χ1v) is 6.08. The van der Waals surface area contributed by atoms with Crippen LogP contribution in [0.2, 0.25) is 0 Å². The normalized spacial score (nSPS) is 17.4. The van der Waals surface area contributed by atoms with E-state index >= 15 is 0 Å². The fourth-order valence-electron chi connectivity index (χ4n) is 1.77. The first-order valence-electron chi connectivity index (χ1n) is 5.26. The highest BCUT2D eigenvalue weighted by molar-refractivity contribution is 7.15. The van der Waals surface area contributed by atoms with Crippen LogP contribution in [0.5, 0.6) is 0 Å². The van der Waals surface area contributed by atoms with Gasteiger partial charge < -0.3 is 16.0 Å². The molecular weight excluding hydrogens is 226 g/mol. The summed E-state index contributed by atoms with van der Waals surface area (Å²) in [5, 5.41) is 13.1. The van der Waals surface area contributed by atoms with Crippen LogP contribution in [0, 0.1) is 6.92 Å². The number of aromatic nitrogens is 2. The molecule has 16 heavy (non-hydrogen) atoms. The van der Waals surface area contributed by atoms with E-state index in [-0.39, 0.29) is 6.03 Å². The largest absolute Gasteiger partial charge is 0.357 e. The van der Waals surface area contributed by atoms with Crippen LogP contribution in [0.1, 0.15) is 17.8 Å². The van der Waals surface area contributed by atoms with Gasteiger partial charge >= 0.3 is 6.03 Å². The number of hydrogen-bond acceptors (Lipinski definition) is 5. The van der Waals surface area contributed by atoms with E-state index in [9.17, 15) is 4.79 Å². The Balaban J connectivity index is 1.83. The second-order valence-electron chi connectivity index (χ2n) is 3.87. The highest BCUT2D eigenvalue weighted by Crippen LogP contribution is 2.19.